The largest absolute Gasteiger partial charge is 0.478 e. The summed E-state index contributed by atoms with van der Waals surface area (Å²) in [6, 6.07) is 12.7. The van der Waals surface area contributed by atoms with E-state index >= 15 is 0 Å². The minimum Gasteiger partial charge on any atom is -0.478 e. The van der Waals surface area contributed by atoms with Gasteiger partial charge in [-0.25, -0.2) is 9.78 Å². The van der Waals surface area contributed by atoms with Crippen molar-refractivity contribution in [2.24, 2.45) is 0 Å². The van der Waals surface area contributed by atoms with Gasteiger partial charge in [0, 0.05) is 27.2 Å². The standard InChI is InChI=1S/C21H16F3NO2S2/c1-13-18(12-28-17-8-5-14(6-9-17)7-10-19(26)27)29-20(25-13)15-3-2-4-16(11-15)21(22,23)24/h2-11H,12H2,1H3,(H,26,27)/b10-7+. The van der Waals surface area contributed by atoms with Crippen LogP contribution in [0, 0.1) is 6.92 Å². The van der Waals surface area contributed by atoms with Crippen LogP contribution in [0.2, 0.25) is 0 Å². The summed E-state index contributed by atoms with van der Waals surface area (Å²) in [4.78, 5) is 17.0. The van der Waals surface area contributed by atoms with Gasteiger partial charge in [0.2, 0.25) is 0 Å². The number of rotatable bonds is 6. The Bertz CT molecular complexity index is 1040. The van der Waals surface area contributed by atoms with Gasteiger partial charge in [-0.3, -0.25) is 0 Å². The van der Waals surface area contributed by atoms with Crippen molar-refractivity contribution in [3.8, 4) is 10.6 Å². The summed E-state index contributed by atoms with van der Waals surface area (Å²) >= 11 is 2.98. The molecule has 0 unspecified atom stereocenters. The Balaban J connectivity index is 1.71. The van der Waals surface area contributed by atoms with Gasteiger partial charge in [0.25, 0.3) is 0 Å². The number of hydrogen-bond acceptors (Lipinski definition) is 4. The van der Waals surface area contributed by atoms with Crippen molar-refractivity contribution in [1.82, 2.24) is 4.98 Å². The Kier molecular flexibility index (Phi) is 6.44. The van der Waals surface area contributed by atoms with Crippen molar-refractivity contribution >= 4 is 35.1 Å². The fourth-order valence-corrected chi connectivity index (χ4v) is 4.61. The van der Waals surface area contributed by atoms with Crippen molar-refractivity contribution in [2.75, 3.05) is 0 Å². The lowest BCUT2D eigenvalue weighted by molar-refractivity contribution is -0.137. The van der Waals surface area contributed by atoms with Gasteiger partial charge in [0.15, 0.2) is 0 Å². The van der Waals surface area contributed by atoms with Crippen molar-refractivity contribution in [1.29, 1.82) is 0 Å². The number of carbonyl (C=O) groups is 1. The SMILES string of the molecule is Cc1nc(-c2cccc(C(F)(F)F)c2)sc1CSc1ccc(/C=C/C(=O)O)cc1. The molecule has 0 spiro atoms. The normalized spacial score (nSPS) is 11.9. The van der Waals surface area contributed by atoms with Gasteiger partial charge >= 0.3 is 12.1 Å². The number of hydrogen-bond donors (Lipinski definition) is 1. The van der Waals surface area contributed by atoms with Crippen LogP contribution in [0.5, 0.6) is 0 Å². The number of benzene rings is 2. The van der Waals surface area contributed by atoms with E-state index in [1.54, 1.807) is 17.8 Å². The van der Waals surface area contributed by atoms with Gasteiger partial charge in [-0.15, -0.1) is 23.1 Å². The first kappa shape index (κ1) is 21.1. The number of carboxylic acids is 1. The van der Waals surface area contributed by atoms with Crippen LogP contribution < -0.4 is 0 Å². The van der Waals surface area contributed by atoms with Gasteiger partial charge in [-0.2, -0.15) is 13.2 Å². The topological polar surface area (TPSA) is 50.2 Å². The first-order chi connectivity index (χ1) is 13.7. The van der Waals surface area contributed by atoms with E-state index in [0.29, 0.717) is 16.3 Å². The summed E-state index contributed by atoms with van der Waals surface area (Å²) in [6.07, 6.45) is -1.78. The Morgan fingerprint density at radius 2 is 1.93 bits per heavy atom. The van der Waals surface area contributed by atoms with E-state index in [0.717, 1.165) is 39.2 Å². The average Bonchev–Trinajstić information content (AvgIpc) is 3.06. The fourth-order valence-electron chi connectivity index (χ4n) is 2.51. The Hall–Kier alpha value is -2.58. The number of thiazole rings is 1. The molecule has 0 bridgehead atoms. The molecule has 150 valence electrons. The van der Waals surface area contributed by atoms with Crippen molar-refractivity contribution < 1.29 is 23.1 Å². The van der Waals surface area contributed by atoms with Crippen LogP contribution >= 0.6 is 23.1 Å². The minimum absolute atomic E-state index is 0.457. The second-order valence-corrected chi connectivity index (χ2v) is 8.27. The molecule has 0 aliphatic carbocycles. The number of nitrogens with zero attached hydrogens (tertiary/aromatic N) is 1. The summed E-state index contributed by atoms with van der Waals surface area (Å²) in [5.41, 5.74) is 1.36. The molecule has 8 heteroatoms. The molecule has 0 radical (unpaired) electrons. The number of aromatic nitrogens is 1. The minimum atomic E-state index is -4.38. The molecule has 29 heavy (non-hydrogen) atoms. The van der Waals surface area contributed by atoms with Gasteiger partial charge in [0.1, 0.15) is 5.01 Å². The summed E-state index contributed by atoms with van der Waals surface area (Å²) in [6.45, 7) is 1.85. The molecule has 0 aliphatic heterocycles. The molecule has 0 atom stereocenters. The molecule has 1 aromatic heterocycles. The van der Waals surface area contributed by atoms with Crippen LogP contribution in [0.25, 0.3) is 16.6 Å². The highest BCUT2D eigenvalue weighted by Gasteiger charge is 2.30. The lowest BCUT2D eigenvalue weighted by Crippen LogP contribution is -2.04. The van der Waals surface area contributed by atoms with Gasteiger partial charge in [0.05, 0.1) is 11.3 Å². The fraction of sp³-hybridized carbons (Fsp3) is 0.143. The highest BCUT2D eigenvalue weighted by molar-refractivity contribution is 7.98. The first-order valence-corrected chi connectivity index (χ1v) is 10.3. The third-order valence-electron chi connectivity index (χ3n) is 4.00. The summed E-state index contributed by atoms with van der Waals surface area (Å²) in [7, 11) is 0. The third kappa shape index (κ3) is 5.71. The van der Waals surface area contributed by atoms with E-state index in [2.05, 4.69) is 4.98 Å². The quantitative estimate of drug-likeness (QED) is 0.353. The number of thioether (sulfide) groups is 1. The third-order valence-corrected chi connectivity index (χ3v) is 6.43. The molecule has 1 heterocycles. The molecule has 3 nitrogen and oxygen atoms in total. The van der Waals surface area contributed by atoms with Crippen LogP contribution in [-0.4, -0.2) is 16.1 Å². The van der Waals surface area contributed by atoms with Gasteiger partial charge in [-0.1, -0.05) is 24.3 Å². The number of alkyl halides is 3. The van der Waals surface area contributed by atoms with Gasteiger partial charge in [-0.05, 0) is 42.8 Å². The molecule has 0 amide bonds. The maximum absolute atomic E-state index is 12.9. The van der Waals surface area contributed by atoms with E-state index in [-0.39, 0.29) is 0 Å². The second kappa shape index (κ2) is 8.84. The smallest absolute Gasteiger partial charge is 0.416 e. The van der Waals surface area contributed by atoms with Crippen molar-refractivity contribution in [3.05, 3.63) is 76.3 Å². The first-order valence-electron chi connectivity index (χ1n) is 8.50. The lowest BCUT2D eigenvalue weighted by Gasteiger charge is -2.07. The van der Waals surface area contributed by atoms with E-state index in [4.69, 9.17) is 5.11 Å². The highest BCUT2D eigenvalue weighted by atomic mass is 32.2. The molecule has 2 aromatic carbocycles. The van der Waals surface area contributed by atoms with Crippen LogP contribution in [-0.2, 0) is 16.7 Å². The number of aryl methyl sites for hydroxylation is 1. The summed E-state index contributed by atoms with van der Waals surface area (Å²) in [5, 5.41) is 9.22. The molecular weight excluding hydrogens is 419 g/mol. The maximum Gasteiger partial charge on any atom is 0.416 e. The van der Waals surface area contributed by atoms with Crippen LogP contribution in [0.1, 0.15) is 21.7 Å². The Morgan fingerprint density at radius 3 is 2.59 bits per heavy atom. The Morgan fingerprint density at radius 1 is 1.21 bits per heavy atom. The zero-order valence-corrected chi connectivity index (χ0v) is 16.9. The number of aliphatic carboxylic acids is 1. The molecule has 0 aliphatic rings. The predicted molar refractivity (Wildman–Crippen MR) is 110 cm³/mol. The summed E-state index contributed by atoms with van der Waals surface area (Å²) in [5.74, 6) is -0.354. The monoisotopic (exact) mass is 435 g/mol. The predicted octanol–water partition coefficient (Wildman–Crippen LogP) is 6.53. The van der Waals surface area contributed by atoms with Crippen molar-refractivity contribution in [2.45, 2.75) is 23.7 Å². The van der Waals surface area contributed by atoms with E-state index in [9.17, 15) is 18.0 Å². The summed E-state index contributed by atoms with van der Waals surface area (Å²) < 4.78 is 38.8. The zero-order chi connectivity index (χ0) is 21.0. The molecule has 0 saturated heterocycles. The van der Waals surface area contributed by atoms with Crippen LogP contribution in [0.15, 0.2) is 59.5 Å². The van der Waals surface area contributed by atoms with E-state index < -0.39 is 17.7 Å². The zero-order valence-electron chi connectivity index (χ0n) is 15.2. The Labute approximate surface area is 173 Å². The second-order valence-electron chi connectivity index (χ2n) is 6.14. The highest BCUT2D eigenvalue weighted by Crippen LogP contribution is 2.36. The molecule has 3 aromatic rings. The molecular formula is C21H16F3NO2S2. The lowest BCUT2D eigenvalue weighted by atomic mass is 10.1. The molecule has 3 rings (SSSR count). The molecule has 0 fully saturated rings. The maximum atomic E-state index is 12.9. The van der Waals surface area contributed by atoms with Crippen LogP contribution in [0.4, 0.5) is 13.2 Å². The van der Waals surface area contributed by atoms with Crippen molar-refractivity contribution in [3.63, 3.8) is 0 Å². The average molecular weight is 435 g/mol. The molecule has 0 saturated carbocycles. The van der Waals surface area contributed by atoms with E-state index in [1.807, 2.05) is 31.2 Å². The van der Waals surface area contributed by atoms with Crippen LogP contribution in [0.3, 0.4) is 0 Å². The molecule has 1 N–H and O–H groups in total. The number of halogens is 3. The van der Waals surface area contributed by atoms with Gasteiger partial charge < -0.3 is 5.11 Å². The van der Waals surface area contributed by atoms with E-state index in [1.165, 1.54) is 23.5 Å². The number of carboxylic acid groups (broad SMARTS) is 1.